The molecule has 1 heteroatoms. The second-order valence-electron chi connectivity index (χ2n) is 8.44. The maximum atomic E-state index is 2.78. The molecule has 0 spiro atoms. The van der Waals surface area contributed by atoms with E-state index in [9.17, 15) is 0 Å². The lowest BCUT2D eigenvalue weighted by molar-refractivity contribution is 0.196. The van der Waals surface area contributed by atoms with Crippen molar-refractivity contribution in [2.24, 2.45) is 0 Å². The van der Waals surface area contributed by atoms with Gasteiger partial charge < -0.3 is 0 Å². The van der Waals surface area contributed by atoms with Gasteiger partial charge in [-0.2, -0.15) is 0 Å². The van der Waals surface area contributed by atoms with E-state index in [-0.39, 0.29) is 5.54 Å². The van der Waals surface area contributed by atoms with Crippen molar-refractivity contribution in [2.75, 3.05) is 13.1 Å². The van der Waals surface area contributed by atoms with Crippen molar-refractivity contribution in [2.45, 2.75) is 58.4 Å². The van der Waals surface area contributed by atoms with Gasteiger partial charge in [0, 0.05) is 0 Å². The Bertz CT molecular complexity index is 865. The molecule has 1 fully saturated rings. The summed E-state index contributed by atoms with van der Waals surface area (Å²) < 4.78 is 0. The van der Waals surface area contributed by atoms with Crippen LogP contribution in [0.1, 0.15) is 67.0 Å². The van der Waals surface area contributed by atoms with Crippen LogP contribution in [0.4, 0.5) is 0 Å². The van der Waals surface area contributed by atoms with Gasteiger partial charge in [-0.1, -0.05) is 93.6 Å². The molecule has 0 bridgehead atoms. The predicted octanol–water partition coefficient (Wildman–Crippen LogP) is 6.76. The molecule has 0 atom stereocenters. The summed E-state index contributed by atoms with van der Waals surface area (Å²) in [5, 5.41) is 0. The number of hydrogen-bond acceptors (Lipinski definition) is 1. The number of nitrogens with zero attached hydrogens (tertiary/aromatic N) is 1. The standard InChI is InChI=1S/C29H35N/c1-4-23-15-7-10-18-26(23)29(30-21-13-14-22-30,27-19-11-8-16-24(27)5-2)28-20-12-9-17-25(28)6-3/h7-12,15-20H,4-6,13-14,21-22H2,1-3H3. The zero-order valence-electron chi connectivity index (χ0n) is 18.8. The summed E-state index contributed by atoms with van der Waals surface area (Å²) >= 11 is 0. The average Bonchev–Trinajstić information content (AvgIpc) is 3.36. The molecular formula is C29H35N. The molecule has 1 nitrogen and oxygen atoms in total. The van der Waals surface area contributed by atoms with E-state index in [2.05, 4.69) is 98.5 Å². The van der Waals surface area contributed by atoms with Crippen molar-refractivity contribution in [1.82, 2.24) is 4.90 Å². The molecule has 1 heterocycles. The summed E-state index contributed by atoms with van der Waals surface area (Å²) in [5.74, 6) is 0. The molecule has 3 aromatic carbocycles. The second kappa shape index (κ2) is 9.18. The van der Waals surface area contributed by atoms with Crippen molar-refractivity contribution < 1.29 is 0 Å². The maximum Gasteiger partial charge on any atom is 0.0980 e. The lowest BCUT2D eigenvalue weighted by Crippen LogP contribution is -2.48. The molecule has 4 rings (SSSR count). The molecule has 1 aliphatic rings. The largest absolute Gasteiger partial charge is 0.286 e. The molecular weight excluding hydrogens is 362 g/mol. The molecule has 30 heavy (non-hydrogen) atoms. The van der Waals surface area contributed by atoms with Gasteiger partial charge in [-0.3, -0.25) is 4.90 Å². The van der Waals surface area contributed by atoms with Gasteiger partial charge in [0.15, 0.2) is 0 Å². The molecule has 156 valence electrons. The fourth-order valence-corrected chi connectivity index (χ4v) is 5.54. The van der Waals surface area contributed by atoms with E-state index in [0.717, 1.165) is 32.4 Å². The Kier molecular flexibility index (Phi) is 6.39. The number of benzene rings is 3. The predicted molar refractivity (Wildman–Crippen MR) is 128 cm³/mol. The van der Waals surface area contributed by atoms with Crippen LogP contribution < -0.4 is 0 Å². The molecule has 1 saturated heterocycles. The molecule has 0 amide bonds. The fraction of sp³-hybridized carbons (Fsp3) is 0.379. The highest BCUT2D eigenvalue weighted by molar-refractivity contribution is 5.57. The Balaban J connectivity index is 2.17. The molecule has 0 aliphatic carbocycles. The third-order valence-electron chi connectivity index (χ3n) is 6.94. The van der Waals surface area contributed by atoms with Crippen molar-refractivity contribution in [3.05, 3.63) is 106 Å². The Morgan fingerprint density at radius 1 is 0.567 bits per heavy atom. The Morgan fingerprint density at radius 3 is 1.23 bits per heavy atom. The van der Waals surface area contributed by atoms with Crippen LogP contribution in [0, 0.1) is 0 Å². The van der Waals surface area contributed by atoms with E-state index in [1.807, 2.05) is 0 Å². The van der Waals surface area contributed by atoms with Gasteiger partial charge in [0.25, 0.3) is 0 Å². The Labute approximate surface area is 182 Å². The highest BCUT2D eigenvalue weighted by atomic mass is 15.2. The van der Waals surface area contributed by atoms with Crippen LogP contribution in [-0.4, -0.2) is 18.0 Å². The second-order valence-corrected chi connectivity index (χ2v) is 8.44. The van der Waals surface area contributed by atoms with Crippen molar-refractivity contribution in [3.8, 4) is 0 Å². The van der Waals surface area contributed by atoms with Gasteiger partial charge >= 0.3 is 0 Å². The Morgan fingerprint density at radius 2 is 0.900 bits per heavy atom. The highest BCUT2D eigenvalue weighted by Gasteiger charge is 2.45. The van der Waals surface area contributed by atoms with E-state index in [1.54, 1.807) is 0 Å². The van der Waals surface area contributed by atoms with E-state index in [4.69, 9.17) is 0 Å². The van der Waals surface area contributed by atoms with Crippen LogP contribution in [0.2, 0.25) is 0 Å². The summed E-state index contributed by atoms with van der Waals surface area (Å²) in [6.07, 6.45) is 5.70. The minimum Gasteiger partial charge on any atom is -0.286 e. The zero-order chi connectivity index (χ0) is 21.0. The van der Waals surface area contributed by atoms with Crippen molar-refractivity contribution >= 4 is 0 Å². The molecule has 0 aromatic heterocycles. The summed E-state index contributed by atoms with van der Waals surface area (Å²) in [7, 11) is 0. The number of rotatable bonds is 7. The SMILES string of the molecule is CCc1ccccc1C(c1ccccc1CC)(c1ccccc1CC)N1CCCC1. The van der Waals surface area contributed by atoms with E-state index in [0.29, 0.717) is 0 Å². The monoisotopic (exact) mass is 397 g/mol. The summed E-state index contributed by atoms with van der Waals surface area (Å²) in [6.45, 7) is 9.18. The van der Waals surface area contributed by atoms with E-state index in [1.165, 1.54) is 46.2 Å². The molecule has 3 aromatic rings. The fourth-order valence-electron chi connectivity index (χ4n) is 5.54. The van der Waals surface area contributed by atoms with Gasteiger partial charge in [-0.15, -0.1) is 0 Å². The maximum absolute atomic E-state index is 2.78. The van der Waals surface area contributed by atoms with Crippen molar-refractivity contribution in [1.29, 1.82) is 0 Å². The number of aryl methyl sites for hydroxylation is 3. The third-order valence-corrected chi connectivity index (χ3v) is 6.94. The van der Waals surface area contributed by atoms with Crippen LogP contribution in [0.3, 0.4) is 0 Å². The van der Waals surface area contributed by atoms with Gasteiger partial charge in [0.2, 0.25) is 0 Å². The van der Waals surface area contributed by atoms with Gasteiger partial charge in [-0.05, 0) is 78.6 Å². The molecule has 0 N–H and O–H groups in total. The van der Waals surface area contributed by atoms with Crippen LogP contribution >= 0.6 is 0 Å². The minimum absolute atomic E-state index is 0.234. The first-order valence-electron chi connectivity index (χ1n) is 11.8. The summed E-state index contributed by atoms with van der Waals surface area (Å²) in [6, 6.07) is 27.5. The zero-order valence-corrected chi connectivity index (χ0v) is 18.8. The summed E-state index contributed by atoms with van der Waals surface area (Å²) in [4.78, 5) is 2.78. The van der Waals surface area contributed by atoms with E-state index >= 15 is 0 Å². The first kappa shape index (κ1) is 20.9. The first-order valence-corrected chi connectivity index (χ1v) is 11.8. The molecule has 1 aliphatic heterocycles. The van der Waals surface area contributed by atoms with E-state index < -0.39 is 0 Å². The lowest BCUT2D eigenvalue weighted by atomic mass is 9.70. The normalized spacial score (nSPS) is 14.9. The third kappa shape index (κ3) is 3.40. The first-order chi connectivity index (χ1) is 14.8. The average molecular weight is 398 g/mol. The molecule has 0 saturated carbocycles. The van der Waals surface area contributed by atoms with Gasteiger partial charge in [0.1, 0.15) is 0 Å². The van der Waals surface area contributed by atoms with Gasteiger partial charge in [-0.25, -0.2) is 0 Å². The minimum atomic E-state index is -0.234. The smallest absolute Gasteiger partial charge is 0.0980 e. The van der Waals surface area contributed by atoms with Crippen molar-refractivity contribution in [3.63, 3.8) is 0 Å². The molecule has 0 unspecified atom stereocenters. The number of hydrogen-bond donors (Lipinski definition) is 0. The van der Waals surface area contributed by atoms with Crippen LogP contribution in [0.15, 0.2) is 72.8 Å². The number of likely N-dealkylation sites (tertiary alicyclic amines) is 1. The lowest BCUT2D eigenvalue weighted by Gasteiger charge is -2.46. The quantitative estimate of drug-likeness (QED) is 0.398. The van der Waals surface area contributed by atoms with Crippen LogP contribution in [-0.2, 0) is 24.8 Å². The van der Waals surface area contributed by atoms with Crippen LogP contribution in [0.5, 0.6) is 0 Å². The molecule has 0 radical (unpaired) electrons. The summed E-state index contributed by atoms with van der Waals surface area (Å²) in [5.41, 5.74) is 8.55. The Hall–Kier alpha value is -2.38. The van der Waals surface area contributed by atoms with Gasteiger partial charge in [0.05, 0.1) is 5.54 Å². The topological polar surface area (TPSA) is 3.24 Å². The highest BCUT2D eigenvalue weighted by Crippen LogP contribution is 2.47. The van der Waals surface area contributed by atoms with Crippen LogP contribution in [0.25, 0.3) is 0 Å².